The number of aryl methyl sites for hydroxylation is 1. The Balaban J connectivity index is 2.90. The number of nitrogens with zero attached hydrogens (tertiary/aromatic N) is 1. The highest BCUT2D eigenvalue weighted by Crippen LogP contribution is 2.19. The molecule has 17 heavy (non-hydrogen) atoms. The monoisotopic (exact) mass is 345 g/mol. The average molecular weight is 345 g/mol. The van der Waals surface area contributed by atoms with E-state index in [-0.39, 0.29) is 17.9 Å². The highest BCUT2D eigenvalue weighted by molar-refractivity contribution is 14.1. The third kappa shape index (κ3) is 3.71. The van der Waals surface area contributed by atoms with Crippen LogP contribution in [0.15, 0.2) is 18.2 Å². The van der Waals surface area contributed by atoms with Crippen molar-refractivity contribution in [2.24, 2.45) is 0 Å². The van der Waals surface area contributed by atoms with Crippen molar-refractivity contribution in [2.45, 2.75) is 6.92 Å². The Bertz CT molecular complexity index is 516. The number of nitro groups is 1. The molecule has 88 valence electrons. The minimum atomic E-state index is -0.618. The van der Waals surface area contributed by atoms with E-state index in [1.807, 2.05) is 22.6 Å². The molecule has 0 unspecified atom stereocenters. The van der Waals surface area contributed by atoms with E-state index in [2.05, 4.69) is 9.85 Å². The number of esters is 1. The van der Waals surface area contributed by atoms with Crippen molar-refractivity contribution in [2.75, 3.05) is 6.61 Å². The maximum absolute atomic E-state index is 11.5. The van der Waals surface area contributed by atoms with Crippen molar-refractivity contribution < 1.29 is 14.5 Å². The molecule has 0 amide bonds. The van der Waals surface area contributed by atoms with Crippen molar-refractivity contribution in [1.82, 2.24) is 0 Å². The van der Waals surface area contributed by atoms with Gasteiger partial charge in [0.05, 0.1) is 10.5 Å². The van der Waals surface area contributed by atoms with Gasteiger partial charge in [0.2, 0.25) is 0 Å². The zero-order valence-electron chi connectivity index (χ0n) is 8.90. The molecule has 0 N–H and O–H groups in total. The van der Waals surface area contributed by atoms with Crippen molar-refractivity contribution >= 4 is 34.2 Å². The summed E-state index contributed by atoms with van der Waals surface area (Å²) in [5, 5.41) is 10.7. The maximum atomic E-state index is 11.5. The molecule has 1 aromatic carbocycles. The van der Waals surface area contributed by atoms with Gasteiger partial charge in [-0.3, -0.25) is 10.1 Å². The number of carbonyl (C=O) groups excluding carboxylic acids is 1. The summed E-state index contributed by atoms with van der Waals surface area (Å²) < 4.78 is 7.35. The second-order valence-corrected chi connectivity index (χ2v) is 3.65. The van der Waals surface area contributed by atoms with Crippen LogP contribution in [-0.4, -0.2) is 17.5 Å². The molecule has 0 fully saturated rings. The highest BCUT2D eigenvalue weighted by Gasteiger charge is 2.15. The fraction of sp³-hybridized carbons (Fsp3) is 0.182. The van der Waals surface area contributed by atoms with Gasteiger partial charge in [-0.1, -0.05) is 12.0 Å². The smallest absolute Gasteiger partial charge is 0.339 e. The second-order valence-electron chi connectivity index (χ2n) is 3.11. The Labute approximate surface area is 111 Å². The van der Waals surface area contributed by atoms with Gasteiger partial charge in [-0.25, -0.2) is 4.79 Å². The molecule has 1 rings (SSSR count). The molecule has 0 saturated heterocycles. The number of rotatable bonds is 3. The van der Waals surface area contributed by atoms with E-state index in [1.54, 1.807) is 6.92 Å². The number of halogens is 1. The van der Waals surface area contributed by atoms with E-state index in [0.717, 1.165) is 0 Å². The molecule has 0 aliphatic rings. The normalized spacial score (nSPS) is 9.06. The van der Waals surface area contributed by atoms with Gasteiger partial charge >= 0.3 is 5.97 Å². The molecule has 0 bridgehead atoms. The molecule has 1 aromatic rings. The summed E-state index contributed by atoms with van der Waals surface area (Å²) in [6.07, 6.45) is 0. The molecule has 0 heterocycles. The Hall–Kier alpha value is -1.62. The first kappa shape index (κ1) is 13.4. The number of nitro benzene ring substituents is 1. The molecule has 0 aromatic heterocycles. The van der Waals surface area contributed by atoms with Crippen molar-refractivity contribution in [3.05, 3.63) is 39.4 Å². The lowest BCUT2D eigenvalue weighted by Crippen LogP contribution is -2.06. The number of hydrogen-bond donors (Lipinski definition) is 0. The van der Waals surface area contributed by atoms with Gasteiger partial charge in [-0.15, -0.1) is 0 Å². The van der Waals surface area contributed by atoms with Crippen LogP contribution in [0.5, 0.6) is 0 Å². The molecular formula is C11H8INO4. The minimum Gasteiger partial charge on any atom is -0.449 e. The molecule has 5 nitrogen and oxygen atoms in total. The second kappa shape index (κ2) is 6.20. The third-order valence-electron chi connectivity index (χ3n) is 1.98. The SMILES string of the molecule is Cc1ccc(C(=O)OCC#CI)cc1[N+](=O)[O-]. The molecule has 0 aliphatic carbocycles. The largest absolute Gasteiger partial charge is 0.449 e. The van der Waals surface area contributed by atoms with Gasteiger partial charge < -0.3 is 4.74 Å². The molecule has 0 aliphatic heterocycles. The molecular weight excluding hydrogens is 337 g/mol. The Morgan fingerprint density at radius 3 is 2.88 bits per heavy atom. The number of hydrogen-bond acceptors (Lipinski definition) is 4. The van der Waals surface area contributed by atoms with E-state index < -0.39 is 10.9 Å². The zero-order valence-corrected chi connectivity index (χ0v) is 11.1. The van der Waals surface area contributed by atoms with E-state index in [4.69, 9.17) is 4.74 Å². The first-order chi connectivity index (χ1) is 8.06. The van der Waals surface area contributed by atoms with Crippen molar-refractivity contribution in [3.8, 4) is 9.85 Å². The van der Waals surface area contributed by atoms with Gasteiger partial charge in [-0.2, -0.15) is 0 Å². The van der Waals surface area contributed by atoms with E-state index in [9.17, 15) is 14.9 Å². The predicted molar refractivity (Wildman–Crippen MR) is 69.9 cm³/mol. The lowest BCUT2D eigenvalue weighted by atomic mass is 10.1. The zero-order chi connectivity index (χ0) is 12.8. The maximum Gasteiger partial charge on any atom is 0.339 e. The lowest BCUT2D eigenvalue weighted by molar-refractivity contribution is -0.385. The van der Waals surface area contributed by atoms with Gasteiger partial charge in [0, 0.05) is 34.2 Å². The summed E-state index contributed by atoms with van der Waals surface area (Å²) in [5.74, 6) is 1.94. The first-order valence-electron chi connectivity index (χ1n) is 4.57. The van der Waals surface area contributed by atoms with Crippen molar-refractivity contribution in [3.63, 3.8) is 0 Å². The van der Waals surface area contributed by atoms with Crippen LogP contribution >= 0.6 is 22.6 Å². The molecule has 0 saturated carbocycles. The molecule has 0 spiro atoms. The summed E-state index contributed by atoms with van der Waals surface area (Å²) in [4.78, 5) is 21.6. The van der Waals surface area contributed by atoms with Crippen LogP contribution in [0.3, 0.4) is 0 Å². The van der Waals surface area contributed by atoms with E-state index >= 15 is 0 Å². The van der Waals surface area contributed by atoms with Crippen LogP contribution in [0, 0.1) is 26.9 Å². The molecule has 6 heteroatoms. The summed E-state index contributed by atoms with van der Waals surface area (Å²) in [7, 11) is 0. The third-order valence-corrected chi connectivity index (χ3v) is 2.37. The Morgan fingerprint density at radius 2 is 2.29 bits per heavy atom. The average Bonchev–Trinajstić information content (AvgIpc) is 2.29. The molecule has 0 atom stereocenters. The van der Waals surface area contributed by atoms with Crippen LogP contribution in [0.1, 0.15) is 15.9 Å². The van der Waals surface area contributed by atoms with Crippen LogP contribution in [-0.2, 0) is 4.74 Å². The Morgan fingerprint density at radius 1 is 1.59 bits per heavy atom. The van der Waals surface area contributed by atoms with Gasteiger partial charge in [0.15, 0.2) is 6.61 Å². The standard InChI is InChI=1S/C11H8INO4/c1-8-3-4-9(7-10(8)13(15)16)11(14)17-6-2-5-12/h3-4,7H,6H2,1H3. The Kier molecular flexibility index (Phi) is 4.90. The molecule has 0 radical (unpaired) electrons. The fourth-order valence-corrected chi connectivity index (χ4v) is 1.30. The fourth-order valence-electron chi connectivity index (χ4n) is 1.15. The van der Waals surface area contributed by atoms with Crippen molar-refractivity contribution in [1.29, 1.82) is 0 Å². The lowest BCUT2D eigenvalue weighted by Gasteiger charge is -2.02. The number of benzene rings is 1. The number of carbonyl (C=O) groups is 1. The van der Waals surface area contributed by atoms with Crippen LogP contribution in [0.4, 0.5) is 5.69 Å². The summed E-state index contributed by atoms with van der Waals surface area (Å²) in [6.45, 7) is 1.58. The summed E-state index contributed by atoms with van der Waals surface area (Å²) in [6, 6.07) is 4.20. The van der Waals surface area contributed by atoms with Crippen LogP contribution in [0.2, 0.25) is 0 Å². The van der Waals surface area contributed by atoms with Gasteiger partial charge in [-0.05, 0) is 16.9 Å². The summed E-state index contributed by atoms with van der Waals surface area (Å²) >= 11 is 1.83. The highest BCUT2D eigenvalue weighted by atomic mass is 127. The quantitative estimate of drug-likeness (QED) is 0.277. The topological polar surface area (TPSA) is 69.4 Å². The van der Waals surface area contributed by atoms with E-state index in [0.29, 0.717) is 5.56 Å². The van der Waals surface area contributed by atoms with Gasteiger partial charge in [0.1, 0.15) is 0 Å². The van der Waals surface area contributed by atoms with E-state index in [1.165, 1.54) is 18.2 Å². The first-order valence-corrected chi connectivity index (χ1v) is 5.64. The minimum absolute atomic E-state index is 0.0244. The number of ether oxygens (including phenoxy) is 1. The van der Waals surface area contributed by atoms with Crippen LogP contribution < -0.4 is 0 Å². The summed E-state index contributed by atoms with van der Waals surface area (Å²) in [5.41, 5.74) is 0.551. The predicted octanol–water partition coefficient (Wildman–Crippen LogP) is 2.46. The van der Waals surface area contributed by atoms with Crippen LogP contribution in [0.25, 0.3) is 0 Å². The van der Waals surface area contributed by atoms with Gasteiger partial charge in [0.25, 0.3) is 5.69 Å².